The van der Waals surface area contributed by atoms with Crippen LogP contribution in [-0.4, -0.2) is 35.0 Å². The van der Waals surface area contributed by atoms with Crippen LogP contribution in [0.3, 0.4) is 0 Å². The minimum Gasteiger partial charge on any atom is -0.481 e. The number of carbonyl (C=O) groups is 2. The number of amides is 1. The first-order valence-corrected chi connectivity index (χ1v) is 6.45. The van der Waals surface area contributed by atoms with E-state index >= 15 is 0 Å². The molecule has 0 aliphatic heterocycles. The summed E-state index contributed by atoms with van der Waals surface area (Å²) in [6.07, 6.45) is 0. The molecule has 4 nitrogen and oxygen atoms in total. The van der Waals surface area contributed by atoms with Gasteiger partial charge in [-0.2, -0.15) is 0 Å². The lowest BCUT2D eigenvalue weighted by Gasteiger charge is -2.27. The van der Waals surface area contributed by atoms with E-state index in [0.717, 1.165) is 11.8 Å². The van der Waals surface area contributed by atoms with Crippen molar-refractivity contribution in [1.82, 2.24) is 5.32 Å². The summed E-state index contributed by atoms with van der Waals surface area (Å²) >= 11 is 1.12. The van der Waals surface area contributed by atoms with Crippen molar-refractivity contribution in [2.75, 3.05) is 18.1 Å². The maximum Gasteiger partial charge on any atom is 0.313 e. The van der Waals surface area contributed by atoms with E-state index in [1.807, 2.05) is 0 Å². The van der Waals surface area contributed by atoms with Gasteiger partial charge in [-0.25, -0.2) is 0 Å². The van der Waals surface area contributed by atoms with Crippen molar-refractivity contribution in [3.05, 3.63) is 0 Å². The van der Waals surface area contributed by atoms with E-state index in [2.05, 4.69) is 33.0 Å². The van der Waals surface area contributed by atoms with Gasteiger partial charge < -0.3 is 10.4 Å². The number of carboxylic acid groups (broad SMARTS) is 1. The van der Waals surface area contributed by atoms with E-state index in [1.165, 1.54) is 0 Å². The van der Waals surface area contributed by atoms with Crippen LogP contribution in [0.1, 0.15) is 27.7 Å². The molecule has 2 N–H and O–H groups in total. The minimum absolute atomic E-state index is 0.0256. The van der Waals surface area contributed by atoms with Crippen LogP contribution in [0.2, 0.25) is 0 Å². The van der Waals surface area contributed by atoms with Crippen LogP contribution >= 0.6 is 11.8 Å². The summed E-state index contributed by atoms with van der Waals surface area (Å²) in [6.45, 7) is 9.11. The number of rotatable bonds is 6. The molecule has 1 atom stereocenters. The van der Waals surface area contributed by atoms with Crippen molar-refractivity contribution in [3.8, 4) is 0 Å². The molecular weight excluding hydrogens is 226 g/mol. The third-order valence-electron chi connectivity index (χ3n) is 2.54. The molecule has 0 rings (SSSR count). The van der Waals surface area contributed by atoms with E-state index < -0.39 is 5.97 Å². The molecule has 0 aliphatic carbocycles. The molecule has 0 bridgehead atoms. The minimum atomic E-state index is -0.888. The first-order valence-electron chi connectivity index (χ1n) is 5.29. The average Bonchev–Trinajstić information content (AvgIpc) is 2.11. The summed E-state index contributed by atoms with van der Waals surface area (Å²) in [5.74, 6) is -0.407. The van der Waals surface area contributed by atoms with Crippen molar-refractivity contribution in [3.63, 3.8) is 0 Å². The van der Waals surface area contributed by atoms with Gasteiger partial charge in [0, 0.05) is 6.54 Å². The summed E-state index contributed by atoms with van der Waals surface area (Å²) in [4.78, 5) is 21.6. The van der Waals surface area contributed by atoms with Gasteiger partial charge in [0.15, 0.2) is 0 Å². The van der Waals surface area contributed by atoms with Crippen molar-refractivity contribution in [2.24, 2.45) is 11.3 Å². The SMILES string of the molecule is CC(CNC(=O)CSCC(=O)O)C(C)(C)C. The number of carboxylic acids is 1. The molecule has 0 radical (unpaired) electrons. The lowest BCUT2D eigenvalue weighted by atomic mass is 9.82. The maximum absolute atomic E-state index is 11.3. The van der Waals surface area contributed by atoms with E-state index in [9.17, 15) is 9.59 Å². The Labute approximate surface area is 101 Å². The Balaban J connectivity index is 3.70. The number of hydrogen-bond acceptors (Lipinski definition) is 3. The standard InChI is InChI=1S/C11H21NO3S/c1-8(11(2,3)4)5-12-9(13)6-16-7-10(14)15/h8H,5-7H2,1-4H3,(H,12,13)(H,14,15). The molecule has 0 saturated heterocycles. The molecular formula is C11H21NO3S. The van der Waals surface area contributed by atoms with E-state index in [-0.39, 0.29) is 22.8 Å². The van der Waals surface area contributed by atoms with Crippen LogP contribution in [0.25, 0.3) is 0 Å². The molecule has 1 unspecified atom stereocenters. The van der Waals surface area contributed by atoms with Crippen LogP contribution in [0.15, 0.2) is 0 Å². The zero-order valence-corrected chi connectivity index (χ0v) is 11.2. The molecule has 0 aromatic rings. The molecule has 0 heterocycles. The lowest BCUT2D eigenvalue weighted by molar-refractivity contribution is -0.133. The van der Waals surface area contributed by atoms with Gasteiger partial charge in [-0.3, -0.25) is 9.59 Å². The fourth-order valence-corrected chi connectivity index (χ4v) is 1.42. The summed E-state index contributed by atoms with van der Waals surface area (Å²) in [7, 11) is 0. The highest BCUT2D eigenvalue weighted by molar-refractivity contribution is 8.00. The van der Waals surface area contributed by atoms with Gasteiger partial charge in [0.05, 0.1) is 11.5 Å². The highest BCUT2D eigenvalue weighted by Crippen LogP contribution is 2.24. The van der Waals surface area contributed by atoms with E-state index in [0.29, 0.717) is 12.5 Å². The Bertz CT molecular complexity index is 248. The van der Waals surface area contributed by atoms with E-state index in [1.54, 1.807) is 0 Å². The molecule has 0 fully saturated rings. The summed E-state index contributed by atoms with van der Waals surface area (Å²) in [6, 6.07) is 0. The number of thioether (sulfide) groups is 1. The third-order valence-corrected chi connectivity index (χ3v) is 3.46. The Morgan fingerprint density at radius 2 is 1.88 bits per heavy atom. The maximum atomic E-state index is 11.3. The van der Waals surface area contributed by atoms with E-state index in [4.69, 9.17) is 5.11 Å². The van der Waals surface area contributed by atoms with Gasteiger partial charge in [0.25, 0.3) is 0 Å². The van der Waals surface area contributed by atoms with Crippen LogP contribution in [0.4, 0.5) is 0 Å². The van der Waals surface area contributed by atoms with Crippen LogP contribution in [-0.2, 0) is 9.59 Å². The Hall–Kier alpha value is -0.710. The highest BCUT2D eigenvalue weighted by Gasteiger charge is 2.20. The number of nitrogens with one attached hydrogen (secondary N) is 1. The second kappa shape index (κ2) is 6.78. The van der Waals surface area contributed by atoms with Crippen molar-refractivity contribution in [1.29, 1.82) is 0 Å². The number of carbonyl (C=O) groups excluding carboxylic acids is 1. The fourth-order valence-electron chi connectivity index (χ4n) is 0.855. The Kier molecular flexibility index (Phi) is 6.48. The lowest BCUT2D eigenvalue weighted by Crippen LogP contribution is -2.34. The summed E-state index contributed by atoms with van der Waals surface area (Å²) < 4.78 is 0. The van der Waals surface area contributed by atoms with Crippen LogP contribution in [0.5, 0.6) is 0 Å². The van der Waals surface area contributed by atoms with Gasteiger partial charge in [-0.05, 0) is 11.3 Å². The summed E-state index contributed by atoms with van der Waals surface area (Å²) in [5.41, 5.74) is 0.168. The second-order valence-electron chi connectivity index (χ2n) is 4.96. The van der Waals surface area contributed by atoms with Crippen molar-refractivity contribution in [2.45, 2.75) is 27.7 Å². The number of aliphatic carboxylic acids is 1. The average molecular weight is 247 g/mol. The van der Waals surface area contributed by atoms with Gasteiger partial charge in [0.1, 0.15) is 0 Å². The largest absolute Gasteiger partial charge is 0.481 e. The predicted octanol–water partition coefficient (Wildman–Crippen LogP) is 1.60. The van der Waals surface area contributed by atoms with Crippen molar-refractivity contribution < 1.29 is 14.7 Å². The Morgan fingerprint density at radius 3 is 2.31 bits per heavy atom. The molecule has 0 aromatic heterocycles. The van der Waals surface area contributed by atoms with Crippen LogP contribution in [0, 0.1) is 11.3 Å². The summed E-state index contributed by atoms with van der Waals surface area (Å²) in [5, 5.41) is 11.2. The molecule has 0 aliphatic rings. The van der Waals surface area contributed by atoms with Crippen LogP contribution < -0.4 is 5.32 Å². The van der Waals surface area contributed by atoms with Gasteiger partial charge in [-0.1, -0.05) is 27.7 Å². The number of hydrogen-bond donors (Lipinski definition) is 2. The topological polar surface area (TPSA) is 66.4 Å². The van der Waals surface area contributed by atoms with Gasteiger partial charge in [0.2, 0.25) is 5.91 Å². The first-order chi connectivity index (χ1) is 7.23. The normalized spacial score (nSPS) is 13.2. The molecule has 0 spiro atoms. The predicted molar refractivity (Wildman–Crippen MR) is 66.6 cm³/mol. The van der Waals surface area contributed by atoms with Gasteiger partial charge >= 0.3 is 5.97 Å². The smallest absolute Gasteiger partial charge is 0.313 e. The fraction of sp³-hybridized carbons (Fsp3) is 0.818. The molecule has 16 heavy (non-hydrogen) atoms. The Morgan fingerprint density at radius 1 is 1.31 bits per heavy atom. The molecule has 5 heteroatoms. The molecule has 0 saturated carbocycles. The molecule has 1 amide bonds. The molecule has 94 valence electrons. The van der Waals surface area contributed by atoms with Gasteiger partial charge in [-0.15, -0.1) is 11.8 Å². The monoisotopic (exact) mass is 247 g/mol. The third kappa shape index (κ3) is 7.56. The zero-order valence-electron chi connectivity index (χ0n) is 10.4. The van der Waals surface area contributed by atoms with Crippen molar-refractivity contribution >= 4 is 23.6 Å². The second-order valence-corrected chi connectivity index (χ2v) is 5.94. The zero-order chi connectivity index (χ0) is 12.8. The highest BCUT2D eigenvalue weighted by atomic mass is 32.2. The first kappa shape index (κ1) is 15.3. The molecule has 0 aromatic carbocycles. The quantitative estimate of drug-likeness (QED) is 0.748.